The van der Waals surface area contributed by atoms with E-state index in [1.807, 2.05) is 13.0 Å². The number of nitrogens with one attached hydrogen (secondary N) is 4. The molecule has 2 heterocycles. The van der Waals surface area contributed by atoms with Crippen LogP contribution in [0.2, 0.25) is 0 Å². The van der Waals surface area contributed by atoms with Gasteiger partial charge in [0.25, 0.3) is 5.56 Å². The fourth-order valence-corrected chi connectivity index (χ4v) is 2.78. The monoisotopic (exact) mass is 355 g/mol. The van der Waals surface area contributed by atoms with E-state index in [1.54, 1.807) is 18.2 Å². The Morgan fingerprint density at radius 2 is 2.15 bits per heavy atom. The smallest absolute Gasteiger partial charge is 0.319 e. The Labute approximate surface area is 150 Å². The summed E-state index contributed by atoms with van der Waals surface area (Å²) in [6.45, 7) is 2.36. The van der Waals surface area contributed by atoms with Gasteiger partial charge in [-0.25, -0.2) is 9.78 Å². The molecule has 3 rings (SSSR count). The Morgan fingerprint density at radius 3 is 2.88 bits per heavy atom. The van der Waals surface area contributed by atoms with Crippen LogP contribution in [0.5, 0.6) is 0 Å². The molecule has 8 nitrogen and oxygen atoms in total. The number of nitrogens with zero attached hydrogens (tertiary/aromatic N) is 1. The topological polar surface area (TPSA) is 116 Å². The predicted octanol–water partition coefficient (Wildman–Crippen LogP) is 1.40. The third-order valence-corrected chi connectivity index (χ3v) is 4.15. The lowest BCUT2D eigenvalue weighted by atomic mass is 10.1. The van der Waals surface area contributed by atoms with E-state index in [-0.39, 0.29) is 23.5 Å². The maximum absolute atomic E-state index is 12.2. The first kappa shape index (κ1) is 17.7. The minimum Gasteiger partial charge on any atom is -0.354 e. The molecule has 1 fully saturated rings. The summed E-state index contributed by atoms with van der Waals surface area (Å²) in [6, 6.07) is 8.15. The number of urea groups is 1. The highest BCUT2D eigenvalue weighted by atomic mass is 16.2. The molecule has 2 aromatic rings. The molecule has 1 aromatic carbocycles. The van der Waals surface area contributed by atoms with E-state index < -0.39 is 0 Å². The first-order valence-electron chi connectivity index (χ1n) is 8.58. The molecular weight excluding hydrogens is 334 g/mol. The number of H-pyrrole nitrogens is 1. The number of amides is 3. The number of hydrogen-bond acceptors (Lipinski definition) is 4. The van der Waals surface area contributed by atoms with Crippen molar-refractivity contribution in [2.24, 2.45) is 0 Å². The summed E-state index contributed by atoms with van der Waals surface area (Å²) in [4.78, 5) is 42.2. The van der Waals surface area contributed by atoms with Crippen LogP contribution in [0.25, 0.3) is 11.4 Å². The van der Waals surface area contributed by atoms with Crippen LogP contribution in [0.3, 0.4) is 0 Å². The van der Waals surface area contributed by atoms with Crippen LogP contribution in [0, 0.1) is 0 Å². The minimum absolute atomic E-state index is 0.00645. The summed E-state index contributed by atoms with van der Waals surface area (Å²) in [7, 11) is 0. The van der Waals surface area contributed by atoms with Crippen molar-refractivity contribution in [2.75, 3.05) is 11.9 Å². The van der Waals surface area contributed by atoms with Crippen molar-refractivity contribution in [3.8, 4) is 11.4 Å². The van der Waals surface area contributed by atoms with Crippen molar-refractivity contribution < 1.29 is 9.59 Å². The average molecular weight is 355 g/mol. The Balaban J connectivity index is 1.69. The molecule has 1 saturated heterocycles. The van der Waals surface area contributed by atoms with Crippen molar-refractivity contribution in [2.45, 2.75) is 32.2 Å². The Kier molecular flexibility index (Phi) is 5.31. The number of hydrogen-bond donors (Lipinski definition) is 4. The number of aryl methyl sites for hydroxylation is 1. The second-order valence-corrected chi connectivity index (χ2v) is 6.16. The van der Waals surface area contributed by atoms with Gasteiger partial charge in [-0.05, 0) is 25.0 Å². The summed E-state index contributed by atoms with van der Waals surface area (Å²) < 4.78 is 0. The first-order chi connectivity index (χ1) is 12.5. The summed E-state index contributed by atoms with van der Waals surface area (Å²) in [5.41, 5.74) is 1.80. The fraction of sp³-hybridized carbons (Fsp3) is 0.333. The van der Waals surface area contributed by atoms with E-state index in [4.69, 9.17) is 0 Å². The van der Waals surface area contributed by atoms with Crippen LogP contribution in [0.15, 0.2) is 35.1 Å². The number of rotatable bonds is 4. The Bertz CT molecular complexity index is 867. The predicted molar refractivity (Wildman–Crippen MR) is 97.9 cm³/mol. The molecule has 4 N–H and O–H groups in total. The molecule has 0 spiro atoms. The maximum atomic E-state index is 12.2. The lowest BCUT2D eigenvalue weighted by molar-refractivity contribution is -0.122. The standard InChI is InChI=1S/C18H21N5O3/c1-2-12-9-16(25)23-17(20-12)11-4-3-5-13(8-11)21-18(26)22-14-6-7-15(24)19-10-14/h3-5,8-9,14H,2,6-7,10H2,1H3,(H,19,24)(H,20,23,25)(H2,21,22,26)/t14-/m1/s1. The van der Waals surface area contributed by atoms with Crippen molar-refractivity contribution in [1.82, 2.24) is 20.6 Å². The van der Waals surface area contributed by atoms with Crippen LogP contribution in [-0.4, -0.2) is 34.5 Å². The zero-order valence-corrected chi connectivity index (χ0v) is 14.5. The highest BCUT2D eigenvalue weighted by Crippen LogP contribution is 2.19. The zero-order chi connectivity index (χ0) is 18.5. The van der Waals surface area contributed by atoms with Crippen LogP contribution in [-0.2, 0) is 11.2 Å². The number of piperidine rings is 1. The van der Waals surface area contributed by atoms with E-state index in [0.29, 0.717) is 48.6 Å². The summed E-state index contributed by atoms with van der Waals surface area (Å²) in [5.74, 6) is 0.473. The van der Waals surface area contributed by atoms with Gasteiger partial charge in [-0.1, -0.05) is 19.1 Å². The molecule has 1 aromatic heterocycles. The molecule has 26 heavy (non-hydrogen) atoms. The number of benzene rings is 1. The van der Waals surface area contributed by atoms with Crippen LogP contribution in [0.4, 0.5) is 10.5 Å². The van der Waals surface area contributed by atoms with Crippen molar-refractivity contribution >= 4 is 17.6 Å². The molecular formula is C18H21N5O3. The molecule has 0 aliphatic carbocycles. The molecule has 0 radical (unpaired) electrons. The number of aromatic amines is 1. The molecule has 136 valence electrons. The highest BCUT2D eigenvalue weighted by molar-refractivity contribution is 5.90. The van der Waals surface area contributed by atoms with Gasteiger partial charge in [-0.2, -0.15) is 0 Å². The van der Waals surface area contributed by atoms with Crippen molar-refractivity contribution in [3.05, 3.63) is 46.4 Å². The number of carbonyl (C=O) groups excluding carboxylic acids is 2. The summed E-state index contributed by atoms with van der Waals surface area (Å²) >= 11 is 0. The fourth-order valence-electron chi connectivity index (χ4n) is 2.78. The number of carbonyl (C=O) groups is 2. The second-order valence-electron chi connectivity index (χ2n) is 6.16. The van der Waals surface area contributed by atoms with Gasteiger partial charge >= 0.3 is 6.03 Å². The normalized spacial score (nSPS) is 16.7. The third-order valence-electron chi connectivity index (χ3n) is 4.15. The largest absolute Gasteiger partial charge is 0.354 e. The number of aromatic nitrogens is 2. The zero-order valence-electron chi connectivity index (χ0n) is 14.5. The molecule has 0 saturated carbocycles. The van der Waals surface area contributed by atoms with Gasteiger partial charge in [0.15, 0.2) is 0 Å². The lowest BCUT2D eigenvalue weighted by Gasteiger charge is -2.23. The molecule has 0 bridgehead atoms. The molecule has 3 amide bonds. The highest BCUT2D eigenvalue weighted by Gasteiger charge is 2.19. The van der Waals surface area contributed by atoms with E-state index in [9.17, 15) is 14.4 Å². The van der Waals surface area contributed by atoms with Crippen molar-refractivity contribution in [1.29, 1.82) is 0 Å². The Hall–Kier alpha value is -3.16. The Morgan fingerprint density at radius 1 is 1.31 bits per heavy atom. The van der Waals surface area contributed by atoms with Gasteiger partial charge in [-0.3, -0.25) is 9.59 Å². The average Bonchev–Trinajstić information content (AvgIpc) is 2.63. The quantitative estimate of drug-likeness (QED) is 0.663. The van der Waals surface area contributed by atoms with Crippen molar-refractivity contribution in [3.63, 3.8) is 0 Å². The van der Waals surface area contributed by atoms with E-state index in [2.05, 4.69) is 25.9 Å². The van der Waals surface area contributed by atoms with Gasteiger partial charge in [0.2, 0.25) is 5.91 Å². The third kappa shape index (κ3) is 4.47. The summed E-state index contributed by atoms with van der Waals surface area (Å²) in [6.07, 6.45) is 1.69. The number of anilines is 1. The van der Waals surface area contributed by atoms with Gasteiger partial charge in [-0.15, -0.1) is 0 Å². The SMILES string of the molecule is CCc1cc(=O)[nH]c(-c2cccc(NC(=O)N[C@@H]3CCC(=O)NC3)c2)n1. The van der Waals surface area contributed by atoms with Crippen LogP contribution < -0.4 is 21.5 Å². The van der Waals surface area contributed by atoms with Crippen LogP contribution >= 0.6 is 0 Å². The van der Waals surface area contributed by atoms with E-state index in [1.165, 1.54) is 6.07 Å². The molecule has 1 aliphatic heterocycles. The van der Waals surface area contributed by atoms with Gasteiger partial charge in [0, 0.05) is 42.0 Å². The minimum atomic E-state index is -0.341. The molecule has 1 aliphatic rings. The van der Waals surface area contributed by atoms with Crippen LogP contribution in [0.1, 0.15) is 25.5 Å². The molecule has 1 atom stereocenters. The first-order valence-corrected chi connectivity index (χ1v) is 8.58. The molecule has 8 heteroatoms. The summed E-state index contributed by atoms with van der Waals surface area (Å²) in [5, 5.41) is 8.33. The van der Waals surface area contributed by atoms with E-state index in [0.717, 1.165) is 0 Å². The van der Waals surface area contributed by atoms with Gasteiger partial charge < -0.3 is 20.9 Å². The van der Waals surface area contributed by atoms with Gasteiger partial charge in [0.1, 0.15) is 5.82 Å². The lowest BCUT2D eigenvalue weighted by Crippen LogP contribution is -2.48. The second kappa shape index (κ2) is 7.81. The van der Waals surface area contributed by atoms with Gasteiger partial charge in [0.05, 0.1) is 0 Å². The maximum Gasteiger partial charge on any atom is 0.319 e. The van der Waals surface area contributed by atoms with E-state index >= 15 is 0 Å². The molecule has 0 unspecified atom stereocenters.